The van der Waals surface area contributed by atoms with E-state index in [2.05, 4.69) is 0 Å². The van der Waals surface area contributed by atoms with E-state index in [1.807, 2.05) is 6.07 Å². The van der Waals surface area contributed by atoms with Crippen LogP contribution in [0.3, 0.4) is 0 Å². The van der Waals surface area contributed by atoms with Crippen molar-refractivity contribution in [2.45, 2.75) is 32.0 Å². The number of likely N-dealkylation sites (tertiary alicyclic amines) is 1. The van der Waals surface area contributed by atoms with Crippen LogP contribution in [0.4, 0.5) is 8.78 Å². The van der Waals surface area contributed by atoms with E-state index >= 15 is 0 Å². The first-order chi connectivity index (χ1) is 8.52. The zero-order valence-electron chi connectivity index (χ0n) is 9.96. The molecular weight excluding hydrogens is 240 g/mol. The lowest BCUT2D eigenvalue weighted by atomic mass is 9.83. The fourth-order valence-corrected chi connectivity index (χ4v) is 2.34. The molecule has 1 aromatic carbocycles. The smallest absolute Gasteiger partial charge is 0.259 e. The predicted octanol–water partition coefficient (Wildman–Crippen LogP) is 1.66. The number of nitrogens with zero attached hydrogens (tertiary/aromatic N) is 1. The number of hydrogen-bond acceptors (Lipinski definition) is 2. The van der Waals surface area contributed by atoms with Gasteiger partial charge in [-0.05, 0) is 12.5 Å². The van der Waals surface area contributed by atoms with Crippen molar-refractivity contribution in [3.8, 4) is 0 Å². The second-order valence-electron chi connectivity index (χ2n) is 4.54. The first-order valence-electron chi connectivity index (χ1n) is 5.83. The lowest BCUT2D eigenvalue weighted by Crippen LogP contribution is -2.66. The topological polar surface area (TPSA) is 40.5 Å². The summed E-state index contributed by atoms with van der Waals surface area (Å²) < 4.78 is 25.8. The van der Waals surface area contributed by atoms with Gasteiger partial charge in [-0.1, -0.05) is 30.3 Å². The monoisotopic (exact) mass is 255 g/mol. The van der Waals surface area contributed by atoms with Crippen molar-refractivity contribution in [3.05, 3.63) is 35.9 Å². The van der Waals surface area contributed by atoms with Crippen LogP contribution in [0.2, 0.25) is 0 Å². The molecule has 2 rings (SSSR count). The highest BCUT2D eigenvalue weighted by Gasteiger charge is 2.53. The molecule has 1 heterocycles. The first-order valence-corrected chi connectivity index (χ1v) is 5.83. The summed E-state index contributed by atoms with van der Waals surface area (Å²) in [6, 6.07) is 7.80. The van der Waals surface area contributed by atoms with Crippen molar-refractivity contribution < 1.29 is 18.7 Å². The third-order valence-electron chi connectivity index (χ3n) is 3.27. The summed E-state index contributed by atoms with van der Waals surface area (Å²) in [6.45, 7) is 1.54. The molecule has 3 atom stereocenters. The zero-order chi connectivity index (χ0) is 13.3. The highest BCUT2D eigenvalue weighted by atomic mass is 19.3. The Bertz CT molecular complexity index is 422. The van der Waals surface area contributed by atoms with Crippen LogP contribution in [0.5, 0.6) is 0 Å². The number of halogens is 2. The number of hydrogen-bond donors (Lipinski definition) is 1. The van der Waals surface area contributed by atoms with Gasteiger partial charge in [-0.3, -0.25) is 4.79 Å². The SMILES string of the molecule is CC(O)C1C(=O)N(Cc2ccccc2)C1C(F)F. The van der Waals surface area contributed by atoms with Gasteiger partial charge in [0, 0.05) is 6.54 Å². The van der Waals surface area contributed by atoms with Crippen molar-refractivity contribution >= 4 is 5.91 Å². The summed E-state index contributed by atoms with van der Waals surface area (Å²) in [4.78, 5) is 12.9. The molecule has 1 aliphatic heterocycles. The van der Waals surface area contributed by atoms with Gasteiger partial charge in [-0.15, -0.1) is 0 Å². The molecule has 3 unspecified atom stereocenters. The fraction of sp³-hybridized carbons (Fsp3) is 0.462. The maximum Gasteiger partial charge on any atom is 0.259 e. The number of carbonyl (C=O) groups excluding carboxylic acids is 1. The van der Waals surface area contributed by atoms with Crippen molar-refractivity contribution in [2.75, 3.05) is 0 Å². The highest BCUT2D eigenvalue weighted by molar-refractivity contribution is 5.86. The Kier molecular flexibility index (Phi) is 3.61. The van der Waals surface area contributed by atoms with E-state index in [-0.39, 0.29) is 6.54 Å². The largest absolute Gasteiger partial charge is 0.393 e. The molecular formula is C13H15F2NO2. The van der Waals surface area contributed by atoms with Gasteiger partial charge < -0.3 is 10.0 Å². The minimum absolute atomic E-state index is 0.165. The summed E-state index contributed by atoms with van der Waals surface area (Å²) in [6.07, 6.45) is -3.67. The minimum atomic E-state index is -2.63. The van der Waals surface area contributed by atoms with Crippen molar-refractivity contribution in [2.24, 2.45) is 5.92 Å². The van der Waals surface area contributed by atoms with Crippen LogP contribution < -0.4 is 0 Å². The maximum absolute atomic E-state index is 12.9. The van der Waals surface area contributed by atoms with E-state index in [9.17, 15) is 18.7 Å². The number of benzene rings is 1. The molecule has 18 heavy (non-hydrogen) atoms. The standard InChI is InChI=1S/C13H15F2NO2/c1-8(17)10-11(12(14)15)16(13(10)18)7-9-5-3-2-4-6-9/h2-6,8,10-12,17H,7H2,1H3. The predicted molar refractivity (Wildman–Crippen MR) is 62.0 cm³/mol. The Hall–Kier alpha value is -1.49. The molecule has 0 spiro atoms. The zero-order valence-corrected chi connectivity index (χ0v) is 9.96. The normalized spacial score (nSPS) is 25.2. The van der Waals surface area contributed by atoms with E-state index in [0.29, 0.717) is 0 Å². The number of alkyl halides is 2. The first kappa shape index (κ1) is 13.0. The van der Waals surface area contributed by atoms with Gasteiger partial charge in [0.1, 0.15) is 6.04 Å². The third-order valence-corrected chi connectivity index (χ3v) is 3.27. The second-order valence-corrected chi connectivity index (χ2v) is 4.54. The Morgan fingerprint density at radius 1 is 1.33 bits per heavy atom. The molecule has 98 valence electrons. The molecule has 3 nitrogen and oxygen atoms in total. The Labute approximate surface area is 104 Å². The van der Waals surface area contributed by atoms with E-state index in [4.69, 9.17) is 0 Å². The average molecular weight is 255 g/mol. The van der Waals surface area contributed by atoms with E-state index in [0.717, 1.165) is 10.5 Å². The van der Waals surface area contributed by atoms with Gasteiger partial charge in [0.15, 0.2) is 0 Å². The summed E-state index contributed by atoms with van der Waals surface area (Å²) in [5, 5.41) is 9.36. The lowest BCUT2D eigenvalue weighted by Gasteiger charge is -2.47. The van der Waals surface area contributed by atoms with Gasteiger partial charge in [0.25, 0.3) is 6.43 Å². The van der Waals surface area contributed by atoms with Crippen LogP contribution in [-0.2, 0) is 11.3 Å². The molecule has 0 aliphatic carbocycles. The quantitative estimate of drug-likeness (QED) is 0.831. The average Bonchev–Trinajstić information content (AvgIpc) is 2.32. The molecule has 1 amide bonds. The number of rotatable bonds is 4. The van der Waals surface area contributed by atoms with Gasteiger partial charge >= 0.3 is 0 Å². The van der Waals surface area contributed by atoms with Gasteiger partial charge in [-0.2, -0.15) is 0 Å². The molecule has 5 heteroatoms. The van der Waals surface area contributed by atoms with Crippen LogP contribution >= 0.6 is 0 Å². The molecule has 0 radical (unpaired) electrons. The van der Waals surface area contributed by atoms with Crippen LogP contribution in [0, 0.1) is 5.92 Å². The molecule has 1 N–H and O–H groups in total. The van der Waals surface area contributed by atoms with E-state index in [1.165, 1.54) is 6.92 Å². The molecule has 1 aromatic rings. The minimum Gasteiger partial charge on any atom is -0.393 e. The summed E-state index contributed by atoms with van der Waals surface area (Å²) in [7, 11) is 0. The van der Waals surface area contributed by atoms with Crippen molar-refractivity contribution in [1.29, 1.82) is 0 Å². The fourth-order valence-electron chi connectivity index (χ4n) is 2.34. The number of amides is 1. The number of carbonyl (C=O) groups is 1. The lowest BCUT2D eigenvalue weighted by molar-refractivity contribution is -0.178. The van der Waals surface area contributed by atoms with Crippen LogP contribution in [-0.4, -0.2) is 34.5 Å². The maximum atomic E-state index is 12.9. The van der Waals surface area contributed by atoms with E-state index in [1.54, 1.807) is 24.3 Å². The highest BCUT2D eigenvalue weighted by Crippen LogP contribution is 2.35. The number of aliphatic hydroxyl groups is 1. The molecule has 1 aliphatic rings. The molecule has 0 aromatic heterocycles. The van der Waals surface area contributed by atoms with Crippen LogP contribution in [0.15, 0.2) is 30.3 Å². The third kappa shape index (κ3) is 2.22. The van der Waals surface area contributed by atoms with Crippen LogP contribution in [0.25, 0.3) is 0 Å². The molecule has 1 fully saturated rings. The Morgan fingerprint density at radius 3 is 2.44 bits per heavy atom. The van der Waals surface area contributed by atoms with E-state index < -0.39 is 30.4 Å². The van der Waals surface area contributed by atoms with Crippen molar-refractivity contribution in [3.63, 3.8) is 0 Å². The molecule has 0 bridgehead atoms. The summed E-state index contributed by atoms with van der Waals surface area (Å²) in [5.41, 5.74) is 0.806. The Balaban J connectivity index is 2.11. The second kappa shape index (κ2) is 5.02. The van der Waals surface area contributed by atoms with Gasteiger partial charge in [-0.25, -0.2) is 8.78 Å². The Morgan fingerprint density at radius 2 is 1.94 bits per heavy atom. The number of β-lactam (4-membered cyclic amide) rings is 1. The van der Waals surface area contributed by atoms with Crippen molar-refractivity contribution in [1.82, 2.24) is 4.90 Å². The summed E-state index contributed by atoms with van der Waals surface area (Å²) in [5.74, 6) is -1.38. The van der Waals surface area contributed by atoms with Gasteiger partial charge in [0.05, 0.1) is 12.0 Å². The number of aliphatic hydroxyl groups excluding tert-OH is 1. The van der Waals surface area contributed by atoms with Gasteiger partial charge in [0.2, 0.25) is 5.91 Å². The van der Waals surface area contributed by atoms with Crippen LogP contribution in [0.1, 0.15) is 12.5 Å². The molecule has 1 saturated heterocycles. The molecule has 0 saturated carbocycles. The summed E-state index contributed by atoms with van der Waals surface area (Å²) >= 11 is 0.